The lowest BCUT2D eigenvalue weighted by molar-refractivity contribution is 0.115. The molecule has 0 aromatic heterocycles. The van der Waals surface area contributed by atoms with Crippen LogP contribution in [-0.4, -0.2) is 46.7 Å². The van der Waals surface area contributed by atoms with Crippen molar-refractivity contribution in [3.8, 4) is 6.07 Å². The molecule has 7 heteroatoms. The molecule has 0 bridgehead atoms. The van der Waals surface area contributed by atoms with Crippen LogP contribution in [0.3, 0.4) is 0 Å². The van der Waals surface area contributed by atoms with Crippen molar-refractivity contribution in [2.24, 2.45) is 5.92 Å². The normalized spacial score (nSPS) is 16.9. The van der Waals surface area contributed by atoms with E-state index in [0.29, 0.717) is 38.3 Å². The van der Waals surface area contributed by atoms with Crippen molar-refractivity contribution in [1.82, 2.24) is 9.80 Å². The maximum Gasteiger partial charge on any atom is 0.407 e. The standard InChI is InChI=1S/C23H24N4O3/c24-13-18-5-1-2-6-19(18)16-27-21-8-4-3-7-20(21)15-26(22(27)28)14-17-9-11-25(12-10-17)23(29)30/h1-8,17H,9-12,14-16H2,(H,29,30). The molecule has 1 N–H and O–H groups in total. The molecule has 154 valence electrons. The average molecular weight is 404 g/mol. The fourth-order valence-corrected chi connectivity index (χ4v) is 4.31. The van der Waals surface area contributed by atoms with Gasteiger partial charge in [0.15, 0.2) is 0 Å². The summed E-state index contributed by atoms with van der Waals surface area (Å²) in [5.74, 6) is 0.281. The Hall–Kier alpha value is -3.53. The first-order valence-corrected chi connectivity index (χ1v) is 10.2. The zero-order chi connectivity index (χ0) is 21.1. The van der Waals surface area contributed by atoms with E-state index in [9.17, 15) is 14.9 Å². The molecule has 0 aliphatic carbocycles. The Kier molecular flexibility index (Phi) is 5.57. The van der Waals surface area contributed by atoms with Crippen LogP contribution in [-0.2, 0) is 13.1 Å². The van der Waals surface area contributed by atoms with E-state index in [1.165, 1.54) is 4.90 Å². The van der Waals surface area contributed by atoms with Crippen LogP contribution in [0.4, 0.5) is 15.3 Å². The van der Waals surface area contributed by atoms with Crippen molar-refractivity contribution in [1.29, 1.82) is 5.26 Å². The van der Waals surface area contributed by atoms with Crippen LogP contribution < -0.4 is 4.90 Å². The number of hydrogen-bond acceptors (Lipinski definition) is 3. The Balaban J connectivity index is 1.54. The lowest BCUT2D eigenvalue weighted by Gasteiger charge is -2.40. The highest BCUT2D eigenvalue weighted by Gasteiger charge is 2.33. The summed E-state index contributed by atoms with van der Waals surface area (Å²) in [6.45, 7) is 2.52. The van der Waals surface area contributed by atoms with E-state index in [-0.39, 0.29) is 11.9 Å². The molecular formula is C23H24N4O3. The van der Waals surface area contributed by atoms with Gasteiger partial charge in [0.2, 0.25) is 0 Å². The second-order valence-electron chi connectivity index (χ2n) is 7.86. The SMILES string of the molecule is N#Cc1ccccc1CN1C(=O)N(CC2CCN(C(=O)O)CC2)Cc2ccccc21. The summed E-state index contributed by atoms with van der Waals surface area (Å²) in [7, 11) is 0. The van der Waals surface area contributed by atoms with Gasteiger partial charge in [-0.1, -0.05) is 36.4 Å². The van der Waals surface area contributed by atoms with Gasteiger partial charge in [-0.05, 0) is 42.0 Å². The van der Waals surface area contributed by atoms with Crippen molar-refractivity contribution in [2.75, 3.05) is 24.5 Å². The summed E-state index contributed by atoms with van der Waals surface area (Å²) in [6.07, 6.45) is 0.642. The highest BCUT2D eigenvalue weighted by molar-refractivity contribution is 5.94. The molecule has 2 aromatic carbocycles. The molecule has 0 saturated carbocycles. The Morgan fingerprint density at radius 2 is 1.80 bits per heavy atom. The average Bonchev–Trinajstić information content (AvgIpc) is 2.77. The maximum absolute atomic E-state index is 13.4. The number of fused-ring (bicyclic) bond motifs is 1. The molecule has 30 heavy (non-hydrogen) atoms. The number of benzene rings is 2. The van der Waals surface area contributed by atoms with Crippen molar-refractivity contribution in [2.45, 2.75) is 25.9 Å². The summed E-state index contributed by atoms with van der Waals surface area (Å²) in [4.78, 5) is 29.6. The van der Waals surface area contributed by atoms with E-state index in [2.05, 4.69) is 6.07 Å². The van der Waals surface area contributed by atoms with E-state index in [4.69, 9.17) is 5.11 Å². The minimum atomic E-state index is -0.876. The van der Waals surface area contributed by atoms with E-state index >= 15 is 0 Å². The maximum atomic E-state index is 13.4. The summed E-state index contributed by atoms with van der Waals surface area (Å²) in [6, 6.07) is 17.4. The van der Waals surface area contributed by atoms with Crippen LogP contribution in [0.15, 0.2) is 48.5 Å². The molecule has 0 unspecified atom stereocenters. The van der Waals surface area contributed by atoms with E-state index in [1.807, 2.05) is 47.4 Å². The van der Waals surface area contributed by atoms with Gasteiger partial charge in [-0.25, -0.2) is 9.59 Å². The van der Waals surface area contributed by atoms with Crippen molar-refractivity contribution < 1.29 is 14.7 Å². The predicted molar refractivity (Wildman–Crippen MR) is 112 cm³/mol. The summed E-state index contributed by atoms with van der Waals surface area (Å²) in [5, 5.41) is 18.6. The van der Waals surface area contributed by atoms with Gasteiger partial charge in [0.25, 0.3) is 0 Å². The van der Waals surface area contributed by atoms with Gasteiger partial charge in [0, 0.05) is 26.2 Å². The Morgan fingerprint density at radius 1 is 1.10 bits per heavy atom. The molecule has 1 saturated heterocycles. The Labute approximate surface area is 175 Å². The van der Waals surface area contributed by atoms with Crippen LogP contribution in [0.25, 0.3) is 0 Å². The Morgan fingerprint density at radius 3 is 2.53 bits per heavy atom. The van der Waals surface area contributed by atoms with Gasteiger partial charge in [-0.3, -0.25) is 4.90 Å². The van der Waals surface area contributed by atoms with Gasteiger partial charge in [0.05, 0.1) is 23.9 Å². The quantitative estimate of drug-likeness (QED) is 0.837. The third-order valence-electron chi connectivity index (χ3n) is 5.97. The van der Waals surface area contributed by atoms with E-state index in [1.54, 1.807) is 11.0 Å². The first-order chi connectivity index (χ1) is 14.6. The molecule has 2 aliphatic rings. The largest absolute Gasteiger partial charge is 0.465 e. The van der Waals surface area contributed by atoms with Gasteiger partial charge in [-0.15, -0.1) is 0 Å². The molecule has 2 aromatic rings. The molecule has 0 radical (unpaired) electrons. The number of carbonyl (C=O) groups excluding carboxylic acids is 1. The van der Waals surface area contributed by atoms with Crippen molar-refractivity contribution >= 4 is 17.8 Å². The first-order valence-electron chi connectivity index (χ1n) is 10.2. The van der Waals surface area contributed by atoms with Crippen LogP contribution in [0.1, 0.15) is 29.5 Å². The first kappa shape index (κ1) is 19.8. The van der Waals surface area contributed by atoms with Crippen LogP contribution in [0.5, 0.6) is 0 Å². The van der Waals surface area contributed by atoms with Crippen molar-refractivity contribution in [3.63, 3.8) is 0 Å². The number of nitriles is 1. The van der Waals surface area contributed by atoms with Gasteiger partial charge in [0.1, 0.15) is 0 Å². The minimum absolute atomic E-state index is 0.0675. The number of carbonyl (C=O) groups is 2. The highest BCUT2D eigenvalue weighted by Crippen LogP contribution is 2.32. The second kappa shape index (κ2) is 8.46. The molecule has 4 rings (SSSR count). The van der Waals surface area contributed by atoms with Crippen LogP contribution >= 0.6 is 0 Å². The molecule has 3 amide bonds. The van der Waals surface area contributed by atoms with E-state index < -0.39 is 6.09 Å². The summed E-state index contributed by atoms with van der Waals surface area (Å²) >= 11 is 0. The highest BCUT2D eigenvalue weighted by atomic mass is 16.4. The number of amides is 3. The van der Waals surface area contributed by atoms with Gasteiger partial charge >= 0.3 is 12.1 Å². The van der Waals surface area contributed by atoms with Gasteiger partial charge in [-0.2, -0.15) is 5.26 Å². The number of piperidine rings is 1. The topological polar surface area (TPSA) is 87.9 Å². The molecule has 1 fully saturated rings. The number of para-hydroxylation sites is 1. The number of hydrogen-bond donors (Lipinski definition) is 1. The molecule has 0 atom stereocenters. The number of anilines is 1. The molecular weight excluding hydrogens is 380 g/mol. The zero-order valence-electron chi connectivity index (χ0n) is 16.7. The van der Waals surface area contributed by atoms with E-state index in [0.717, 1.165) is 29.7 Å². The molecule has 0 spiro atoms. The lowest BCUT2D eigenvalue weighted by atomic mass is 9.95. The number of carboxylic acid groups (broad SMARTS) is 1. The number of nitrogens with zero attached hydrogens (tertiary/aromatic N) is 4. The summed E-state index contributed by atoms with van der Waals surface area (Å²) in [5.41, 5.74) is 3.35. The second-order valence-corrected chi connectivity index (χ2v) is 7.86. The zero-order valence-corrected chi connectivity index (χ0v) is 16.7. The van der Waals surface area contributed by atoms with Crippen LogP contribution in [0.2, 0.25) is 0 Å². The smallest absolute Gasteiger partial charge is 0.407 e. The molecule has 2 heterocycles. The number of rotatable bonds is 4. The fraction of sp³-hybridized carbons (Fsp3) is 0.348. The predicted octanol–water partition coefficient (Wildman–Crippen LogP) is 3.89. The molecule has 7 nitrogen and oxygen atoms in total. The number of likely N-dealkylation sites (tertiary alicyclic amines) is 1. The van der Waals surface area contributed by atoms with Gasteiger partial charge < -0.3 is 14.9 Å². The lowest BCUT2D eigenvalue weighted by Crippen LogP contribution is -2.49. The molecule has 2 aliphatic heterocycles. The monoisotopic (exact) mass is 404 g/mol. The summed E-state index contributed by atoms with van der Waals surface area (Å²) < 4.78 is 0. The Bertz CT molecular complexity index is 992. The minimum Gasteiger partial charge on any atom is -0.465 e. The fourth-order valence-electron chi connectivity index (χ4n) is 4.31. The third-order valence-corrected chi connectivity index (χ3v) is 5.97. The van der Waals surface area contributed by atoms with Crippen molar-refractivity contribution in [3.05, 3.63) is 65.2 Å². The number of urea groups is 1. The third kappa shape index (κ3) is 3.94. The van der Waals surface area contributed by atoms with Crippen LogP contribution in [0, 0.1) is 17.2 Å².